The molecule has 0 aliphatic heterocycles. The highest BCUT2D eigenvalue weighted by Crippen LogP contribution is 2.22. The molecule has 16 heavy (non-hydrogen) atoms. The molecule has 0 heterocycles. The largest absolute Gasteiger partial charge is 0.393 e. The quantitative estimate of drug-likeness (QED) is 0.872. The number of rotatable bonds is 2. The number of aliphatic hydroxyl groups is 1. The fourth-order valence-corrected chi connectivity index (χ4v) is 2.07. The Morgan fingerprint density at radius 3 is 2.81 bits per heavy atom. The average Bonchev–Trinajstić information content (AvgIpc) is 2.19. The van der Waals surface area contributed by atoms with Gasteiger partial charge in [0, 0.05) is 10.5 Å². The molecule has 3 nitrogen and oxygen atoms in total. The number of hydrogen-bond donors (Lipinski definition) is 2. The molecule has 1 aliphatic carbocycles. The first-order valence-corrected chi connectivity index (χ1v) is 5.79. The van der Waals surface area contributed by atoms with Crippen molar-refractivity contribution in [3.63, 3.8) is 0 Å². The molecule has 1 aliphatic rings. The van der Waals surface area contributed by atoms with E-state index in [9.17, 15) is 9.18 Å². The molecule has 2 rings (SSSR count). The molecule has 0 atom stereocenters. The predicted octanol–water partition coefficient (Wildman–Crippen LogP) is 1.84. The summed E-state index contributed by atoms with van der Waals surface area (Å²) in [5.74, 6) is -0.759. The molecule has 1 amide bonds. The zero-order valence-electron chi connectivity index (χ0n) is 8.41. The third-order valence-electron chi connectivity index (χ3n) is 2.62. The van der Waals surface area contributed by atoms with E-state index in [4.69, 9.17) is 5.11 Å². The number of hydrogen-bond acceptors (Lipinski definition) is 2. The van der Waals surface area contributed by atoms with Crippen LogP contribution in [-0.4, -0.2) is 23.2 Å². The first-order valence-electron chi connectivity index (χ1n) is 5.00. The second kappa shape index (κ2) is 4.51. The van der Waals surface area contributed by atoms with E-state index in [1.54, 1.807) is 0 Å². The van der Waals surface area contributed by atoms with E-state index in [1.807, 2.05) is 0 Å². The summed E-state index contributed by atoms with van der Waals surface area (Å²) in [5.41, 5.74) is 0.279. The summed E-state index contributed by atoms with van der Waals surface area (Å²) in [6.45, 7) is 0. The van der Waals surface area contributed by atoms with Gasteiger partial charge in [0.25, 0.3) is 5.91 Å². The van der Waals surface area contributed by atoms with Crippen molar-refractivity contribution in [2.75, 3.05) is 0 Å². The van der Waals surface area contributed by atoms with Gasteiger partial charge in [0.05, 0.1) is 11.7 Å². The van der Waals surface area contributed by atoms with Crippen molar-refractivity contribution >= 4 is 21.8 Å². The zero-order chi connectivity index (χ0) is 11.7. The molecule has 1 aromatic carbocycles. The summed E-state index contributed by atoms with van der Waals surface area (Å²) >= 11 is 3.20. The Morgan fingerprint density at radius 1 is 1.50 bits per heavy atom. The zero-order valence-corrected chi connectivity index (χ0v) is 10.00. The van der Waals surface area contributed by atoms with Crippen LogP contribution < -0.4 is 5.32 Å². The van der Waals surface area contributed by atoms with Gasteiger partial charge in [-0.3, -0.25) is 4.79 Å². The van der Waals surface area contributed by atoms with Crippen LogP contribution >= 0.6 is 15.9 Å². The lowest BCUT2D eigenvalue weighted by Crippen LogP contribution is -2.46. The van der Waals surface area contributed by atoms with E-state index < -0.39 is 5.82 Å². The Balaban J connectivity index is 2.05. The van der Waals surface area contributed by atoms with Crippen LogP contribution in [0, 0.1) is 5.82 Å². The van der Waals surface area contributed by atoms with Crippen molar-refractivity contribution < 1.29 is 14.3 Å². The topological polar surface area (TPSA) is 49.3 Å². The normalized spacial score (nSPS) is 23.7. The number of carbonyl (C=O) groups is 1. The predicted molar refractivity (Wildman–Crippen MR) is 60.6 cm³/mol. The van der Waals surface area contributed by atoms with Crippen molar-refractivity contribution in [2.45, 2.75) is 25.0 Å². The molecule has 0 unspecified atom stereocenters. The Bertz CT molecular complexity index is 418. The van der Waals surface area contributed by atoms with E-state index in [0.29, 0.717) is 17.3 Å². The van der Waals surface area contributed by atoms with Gasteiger partial charge in [-0.2, -0.15) is 0 Å². The summed E-state index contributed by atoms with van der Waals surface area (Å²) in [6.07, 6.45) is 0.818. The molecular weight excluding hydrogens is 277 g/mol. The SMILES string of the molecule is O=C(NC1CC(O)C1)c1cc(F)ccc1Br. The lowest BCUT2D eigenvalue weighted by atomic mass is 9.89. The molecule has 5 heteroatoms. The molecule has 86 valence electrons. The van der Waals surface area contributed by atoms with Crippen molar-refractivity contribution in [3.05, 3.63) is 34.1 Å². The third kappa shape index (κ3) is 2.41. The molecule has 0 spiro atoms. The molecule has 1 aromatic rings. The maximum atomic E-state index is 13.0. The highest BCUT2D eigenvalue weighted by molar-refractivity contribution is 9.10. The van der Waals surface area contributed by atoms with Crippen LogP contribution in [0.5, 0.6) is 0 Å². The fourth-order valence-electron chi connectivity index (χ4n) is 1.64. The van der Waals surface area contributed by atoms with Gasteiger partial charge >= 0.3 is 0 Å². The van der Waals surface area contributed by atoms with Crippen LogP contribution in [0.25, 0.3) is 0 Å². The van der Waals surface area contributed by atoms with Crippen molar-refractivity contribution in [1.82, 2.24) is 5.32 Å². The second-order valence-corrected chi connectivity index (χ2v) is 4.77. The summed E-state index contributed by atoms with van der Waals surface area (Å²) < 4.78 is 13.5. The van der Waals surface area contributed by atoms with Crippen LogP contribution in [-0.2, 0) is 0 Å². The lowest BCUT2D eigenvalue weighted by Gasteiger charge is -2.32. The molecule has 1 saturated carbocycles. The van der Waals surface area contributed by atoms with Gasteiger partial charge in [0.15, 0.2) is 0 Å². The maximum absolute atomic E-state index is 13.0. The standard InChI is InChI=1S/C11H11BrFNO2/c12-10-2-1-6(13)3-9(10)11(16)14-7-4-8(15)5-7/h1-3,7-8,15H,4-5H2,(H,14,16). The minimum Gasteiger partial charge on any atom is -0.393 e. The first kappa shape index (κ1) is 11.5. The maximum Gasteiger partial charge on any atom is 0.252 e. The van der Waals surface area contributed by atoms with Crippen LogP contribution in [0.1, 0.15) is 23.2 Å². The molecule has 0 aromatic heterocycles. The van der Waals surface area contributed by atoms with Gasteiger partial charge in [-0.25, -0.2) is 4.39 Å². The van der Waals surface area contributed by atoms with Crippen molar-refractivity contribution in [1.29, 1.82) is 0 Å². The van der Waals surface area contributed by atoms with Gasteiger partial charge in [-0.1, -0.05) is 0 Å². The Morgan fingerprint density at radius 2 is 2.19 bits per heavy atom. The van der Waals surface area contributed by atoms with Gasteiger partial charge in [-0.15, -0.1) is 0 Å². The summed E-state index contributed by atoms with van der Waals surface area (Å²) in [7, 11) is 0. The first-order chi connectivity index (χ1) is 7.56. The number of halogens is 2. The van der Waals surface area contributed by atoms with Gasteiger partial charge < -0.3 is 10.4 Å². The van der Waals surface area contributed by atoms with E-state index in [2.05, 4.69) is 21.2 Å². The van der Waals surface area contributed by atoms with E-state index >= 15 is 0 Å². The lowest BCUT2D eigenvalue weighted by molar-refractivity contribution is 0.0562. The molecule has 0 radical (unpaired) electrons. The fraction of sp³-hybridized carbons (Fsp3) is 0.364. The molecule has 0 bridgehead atoms. The van der Waals surface area contributed by atoms with E-state index in [-0.39, 0.29) is 23.6 Å². The van der Waals surface area contributed by atoms with Gasteiger partial charge in [0.1, 0.15) is 5.82 Å². The van der Waals surface area contributed by atoms with E-state index in [1.165, 1.54) is 18.2 Å². The number of carbonyl (C=O) groups excluding carboxylic acids is 1. The number of aliphatic hydroxyl groups excluding tert-OH is 1. The van der Waals surface area contributed by atoms with Crippen LogP contribution in [0.2, 0.25) is 0 Å². The smallest absolute Gasteiger partial charge is 0.252 e. The third-order valence-corrected chi connectivity index (χ3v) is 3.31. The number of benzene rings is 1. The van der Waals surface area contributed by atoms with Gasteiger partial charge in [0.2, 0.25) is 0 Å². The molecule has 0 saturated heterocycles. The summed E-state index contributed by atoms with van der Waals surface area (Å²) in [4.78, 5) is 11.7. The Kier molecular flexibility index (Phi) is 3.25. The van der Waals surface area contributed by atoms with E-state index in [0.717, 1.165) is 0 Å². The highest BCUT2D eigenvalue weighted by Gasteiger charge is 2.29. The second-order valence-electron chi connectivity index (χ2n) is 3.92. The minimum absolute atomic E-state index is 0.00216. The summed E-state index contributed by atoms with van der Waals surface area (Å²) in [5, 5.41) is 11.8. The van der Waals surface area contributed by atoms with Gasteiger partial charge in [-0.05, 0) is 47.0 Å². The molecule has 2 N–H and O–H groups in total. The van der Waals surface area contributed by atoms with Crippen LogP contribution in [0.4, 0.5) is 4.39 Å². The van der Waals surface area contributed by atoms with Crippen molar-refractivity contribution in [3.8, 4) is 0 Å². The minimum atomic E-state index is -0.443. The average molecular weight is 288 g/mol. The summed E-state index contributed by atoms with van der Waals surface area (Å²) in [6, 6.07) is 3.97. The Labute approximate surface area is 101 Å². The number of nitrogens with one attached hydrogen (secondary N) is 1. The molecular formula is C11H11BrFNO2. The monoisotopic (exact) mass is 287 g/mol. The van der Waals surface area contributed by atoms with Crippen molar-refractivity contribution in [2.24, 2.45) is 0 Å². The van der Waals surface area contributed by atoms with Crippen LogP contribution in [0.15, 0.2) is 22.7 Å². The Hall–Kier alpha value is -0.940. The number of amides is 1. The highest BCUT2D eigenvalue weighted by atomic mass is 79.9. The molecule has 1 fully saturated rings. The van der Waals surface area contributed by atoms with Crippen LogP contribution in [0.3, 0.4) is 0 Å².